The van der Waals surface area contributed by atoms with Crippen LogP contribution in [0.2, 0.25) is 0 Å². The lowest BCUT2D eigenvalue weighted by Gasteiger charge is -2.23. The van der Waals surface area contributed by atoms with Crippen molar-refractivity contribution in [3.05, 3.63) is 41.6 Å². The minimum Gasteiger partial charge on any atom is -0.349 e. The van der Waals surface area contributed by atoms with Crippen molar-refractivity contribution in [2.75, 3.05) is 13.1 Å². The molecule has 1 aliphatic heterocycles. The van der Waals surface area contributed by atoms with E-state index in [0.717, 1.165) is 31.5 Å². The molecule has 0 spiro atoms. The predicted molar refractivity (Wildman–Crippen MR) is 99.0 cm³/mol. The SMILES string of the molecule is CC(=O)NC(=Cc1ccccc1)C(=O)NC(=S)N1CCCCCC1. The third kappa shape index (κ3) is 5.77. The normalized spacial score (nSPS) is 15.4. The maximum atomic E-state index is 12.5. The Bertz CT molecular complexity index is 620. The molecule has 1 aromatic carbocycles. The van der Waals surface area contributed by atoms with Crippen molar-refractivity contribution in [2.24, 2.45) is 0 Å². The monoisotopic (exact) mass is 345 g/mol. The minimum atomic E-state index is -0.400. The summed E-state index contributed by atoms with van der Waals surface area (Å²) in [4.78, 5) is 25.9. The Morgan fingerprint density at radius 2 is 1.67 bits per heavy atom. The molecular weight excluding hydrogens is 322 g/mol. The highest BCUT2D eigenvalue weighted by molar-refractivity contribution is 7.80. The molecule has 0 bridgehead atoms. The van der Waals surface area contributed by atoms with Gasteiger partial charge in [-0.3, -0.25) is 14.9 Å². The first-order chi connectivity index (χ1) is 11.6. The summed E-state index contributed by atoms with van der Waals surface area (Å²) in [6.07, 6.45) is 6.18. The van der Waals surface area contributed by atoms with Gasteiger partial charge in [-0.15, -0.1) is 0 Å². The van der Waals surface area contributed by atoms with Gasteiger partial charge in [0.25, 0.3) is 5.91 Å². The molecule has 0 aliphatic carbocycles. The molecule has 0 radical (unpaired) electrons. The fraction of sp³-hybridized carbons (Fsp3) is 0.389. The molecule has 0 unspecified atom stereocenters. The molecule has 6 heteroatoms. The minimum absolute atomic E-state index is 0.186. The summed E-state index contributed by atoms with van der Waals surface area (Å²) in [6, 6.07) is 9.36. The van der Waals surface area contributed by atoms with Gasteiger partial charge in [0.2, 0.25) is 5.91 Å². The Labute approximate surface area is 148 Å². The van der Waals surface area contributed by atoms with Crippen LogP contribution in [0, 0.1) is 0 Å². The van der Waals surface area contributed by atoms with Gasteiger partial charge in [-0.05, 0) is 36.7 Å². The summed E-state index contributed by atoms with van der Waals surface area (Å²) >= 11 is 5.36. The zero-order valence-corrected chi connectivity index (χ0v) is 14.7. The molecule has 2 amide bonds. The Hall–Kier alpha value is -2.21. The van der Waals surface area contributed by atoms with E-state index >= 15 is 0 Å². The van der Waals surface area contributed by atoms with E-state index in [4.69, 9.17) is 12.2 Å². The topological polar surface area (TPSA) is 61.4 Å². The average Bonchev–Trinajstić information content (AvgIpc) is 2.84. The van der Waals surface area contributed by atoms with E-state index in [2.05, 4.69) is 10.6 Å². The average molecular weight is 345 g/mol. The molecule has 1 aliphatic rings. The Balaban J connectivity index is 2.08. The van der Waals surface area contributed by atoms with Gasteiger partial charge in [-0.25, -0.2) is 0 Å². The fourth-order valence-electron chi connectivity index (χ4n) is 2.58. The standard InChI is InChI=1S/C18H23N3O2S/c1-14(22)19-16(13-15-9-5-4-6-10-15)17(23)20-18(24)21-11-7-2-3-8-12-21/h4-6,9-10,13H,2-3,7-8,11-12H2,1H3,(H,19,22)(H,20,23,24). The molecule has 0 saturated carbocycles. The summed E-state index contributed by atoms with van der Waals surface area (Å²) in [7, 11) is 0. The number of rotatable bonds is 3. The number of hydrogen-bond donors (Lipinski definition) is 2. The van der Waals surface area contributed by atoms with Crippen molar-refractivity contribution in [3.8, 4) is 0 Å². The molecule has 0 aromatic heterocycles. The summed E-state index contributed by atoms with van der Waals surface area (Å²) in [5.41, 5.74) is 1.02. The Morgan fingerprint density at radius 3 is 2.25 bits per heavy atom. The Morgan fingerprint density at radius 1 is 1.04 bits per heavy atom. The van der Waals surface area contributed by atoms with Crippen LogP contribution < -0.4 is 10.6 Å². The van der Waals surface area contributed by atoms with Crippen LogP contribution in [-0.4, -0.2) is 34.9 Å². The lowest BCUT2D eigenvalue weighted by molar-refractivity contribution is -0.121. The lowest BCUT2D eigenvalue weighted by atomic mass is 10.2. The van der Waals surface area contributed by atoms with Gasteiger partial charge in [0.05, 0.1) is 0 Å². The molecule has 5 nitrogen and oxygen atoms in total. The number of amides is 2. The quantitative estimate of drug-likeness (QED) is 0.652. The van der Waals surface area contributed by atoms with Crippen molar-refractivity contribution in [1.29, 1.82) is 0 Å². The maximum absolute atomic E-state index is 12.5. The highest BCUT2D eigenvalue weighted by atomic mass is 32.1. The van der Waals surface area contributed by atoms with E-state index in [-0.39, 0.29) is 11.6 Å². The summed E-state index contributed by atoms with van der Waals surface area (Å²) in [5, 5.41) is 5.74. The number of nitrogens with zero attached hydrogens (tertiary/aromatic N) is 1. The third-order valence-electron chi connectivity index (χ3n) is 3.78. The zero-order valence-electron chi connectivity index (χ0n) is 13.9. The van der Waals surface area contributed by atoms with Gasteiger partial charge in [-0.1, -0.05) is 43.2 Å². The highest BCUT2D eigenvalue weighted by Crippen LogP contribution is 2.10. The lowest BCUT2D eigenvalue weighted by Crippen LogP contribution is -2.45. The first-order valence-corrected chi connectivity index (χ1v) is 8.61. The second kappa shape index (κ2) is 9.17. The summed E-state index contributed by atoms with van der Waals surface area (Å²) < 4.78 is 0. The largest absolute Gasteiger partial charge is 0.349 e. The zero-order chi connectivity index (χ0) is 17.4. The first kappa shape index (κ1) is 18.1. The third-order valence-corrected chi connectivity index (χ3v) is 4.14. The van der Waals surface area contributed by atoms with Crippen LogP contribution in [0.15, 0.2) is 36.0 Å². The van der Waals surface area contributed by atoms with Crippen LogP contribution in [0.5, 0.6) is 0 Å². The predicted octanol–water partition coefficient (Wildman–Crippen LogP) is 2.44. The molecule has 2 rings (SSSR count). The van der Waals surface area contributed by atoms with Crippen molar-refractivity contribution in [3.63, 3.8) is 0 Å². The molecule has 2 N–H and O–H groups in total. The van der Waals surface area contributed by atoms with Gasteiger partial charge < -0.3 is 10.2 Å². The van der Waals surface area contributed by atoms with Gasteiger partial charge >= 0.3 is 0 Å². The van der Waals surface area contributed by atoms with Crippen LogP contribution in [-0.2, 0) is 9.59 Å². The van der Waals surface area contributed by atoms with Gasteiger partial charge in [-0.2, -0.15) is 0 Å². The number of carbonyl (C=O) groups excluding carboxylic acids is 2. The number of nitrogens with one attached hydrogen (secondary N) is 2. The van der Waals surface area contributed by atoms with E-state index < -0.39 is 5.91 Å². The molecule has 1 fully saturated rings. The number of thiocarbonyl (C=S) groups is 1. The van der Waals surface area contributed by atoms with Gasteiger partial charge in [0, 0.05) is 20.0 Å². The second-order valence-corrected chi connectivity index (χ2v) is 6.20. The number of benzene rings is 1. The van der Waals surface area contributed by atoms with E-state index in [0.29, 0.717) is 5.11 Å². The van der Waals surface area contributed by atoms with Crippen LogP contribution in [0.1, 0.15) is 38.2 Å². The number of carbonyl (C=O) groups is 2. The van der Waals surface area contributed by atoms with Gasteiger partial charge in [0.1, 0.15) is 5.70 Å². The smallest absolute Gasteiger partial charge is 0.273 e. The van der Waals surface area contributed by atoms with Crippen LogP contribution in [0.3, 0.4) is 0 Å². The summed E-state index contributed by atoms with van der Waals surface area (Å²) in [6.45, 7) is 3.09. The van der Waals surface area contributed by atoms with Crippen molar-refractivity contribution in [2.45, 2.75) is 32.6 Å². The molecule has 24 heavy (non-hydrogen) atoms. The highest BCUT2D eigenvalue weighted by Gasteiger charge is 2.17. The van der Waals surface area contributed by atoms with Crippen molar-refractivity contribution >= 4 is 35.2 Å². The maximum Gasteiger partial charge on any atom is 0.273 e. The fourth-order valence-corrected chi connectivity index (χ4v) is 2.86. The van der Waals surface area contributed by atoms with E-state index in [9.17, 15) is 9.59 Å². The van der Waals surface area contributed by atoms with Crippen molar-refractivity contribution in [1.82, 2.24) is 15.5 Å². The number of likely N-dealkylation sites (tertiary alicyclic amines) is 1. The van der Waals surface area contributed by atoms with Crippen LogP contribution in [0.4, 0.5) is 0 Å². The molecule has 0 atom stereocenters. The first-order valence-electron chi connectivity index (χ1n) is 8.21. The van der Waals surface area contributed by atoms with Crippen molar-refractivity contribution < 1.29 is 9.59 Å². The van der Waals surface area contributed by atoms with Crippen LogP contribution >= 0.6 is 12.2 Å². The van der Waals surface area contributed by atoms with E-state index in [1.165, 1.54) is 19.8 Å². The van der Waals surface area contributed by atoms with Crippen LogP contribution in [0.25, 0.3) is 6.08 Å². The molecule has 128 valence electrons. The van der Waals surface area contributed by atoms with E-state index in [1.807, 2.05) is 35.2 Å². The molecule has 1 heterocycles. The molecular formula is C18H23N3O2S. The van der Waals surface area contributed by atoms with Gasteiger partial charge in [0.15, 0.2) is 5.11 Å². The molecule has 1 aromatic rings. The summed E-state index contributed by atoms with van der Waals surface area (Å²) in [5.74, 6) is -0.698. The number of hydrogen-bond acceptors (Lipinski definition) is 3. The molecule has 1 saturated heterocycles. The Kier molecular flexibility index (Phi) is 6.93. The second-order valence-electron chi connectivity index (χ2n) is 5.81. The van der Waals surface area contributed by atoms with E-state index in [1.54, 1.807) is 6.08 Å².